The summed E-state index contributed by atoms with van der Waals surface area (Å²) in [6, 6.07) is 15.3. The van der Waals surface area contributed by atoms with Gasteiger partial charge in [-0.2, -0.15) is 0 Å². The third-order valence-electron chi connectivity index (χ3n) is 8.17. The molecular formula is C37H61BrN2. The van der Waals surface area contributed by atoms with Crippen molar-refractivity contribution in [3.8, 4) is 0 Å². The van der Waals surface area contributed by atoms with Crippen molar-refractivity contribution in [3.63, 3.8) is 0 Å². The molecule has 0 saturated heterocycles. The van der Waals surface area contributed by atoms with E-state index in [4.69, 9.17) is 0 Å². The number of halogens is 1. The molecule has 1 heterocycles. The Hall–Kier alpha value is -1.61. The number of aryl methyl sites for hydroxylation is 1. The summed E-state index contributed by atoms with van der Waals surface area (Å²) in [5.41, 5.74) is 2.58. The molecule has 226 valence electrons. The van der Waals surface area contributed by atoms with E-state index in [1.165, 1.54) is 133 Å². The molecule has 2 nitrogen and oxygen atoms in total. The standard InChI is InChI=1S/C37H61N2.BrH/c1-4-5-6-7-8-9-10-11-12-13-14-15-16-17-18-20-24-35(25-23-34-39-32-21-19-22-33-39)26-27-36-28-30-37(31-29-36)38(2)3;/h19,21-22,26-33,35H,4-18,20,23-25,34H2,1-3H3;1H/q+1;/p-1. The Morgan fingerprint density at radius 1 is 0.625 bits per heavy atom. The number of rotatable bonds is 24. The molecule has 2 rings (SSSR count). The van der Waals surface area contributed by atoms with Crippen LogP contribution in [-0.2, 0) is 6.54 Å². The lowest BCUT2D eigenvalue weighted by molar-refractivity contribution is -0.697. The minimum absolute atomic E-state index is 0. The van der Waals surface area contributed by atoms with Crippen molar-refractivity contribution >= 4 is 11.8 Å². The molecule has 1 aromatic heterocycles. The van der Waals surface area contributed by atoms with Crippen LogP contribution in [0.1, 0.15) is 134 Å². The van der Waals surface area contributed by atoms with Gasteiger partial charge in [0.1, 0.15) is 6.54 Å². The number of anilines is 1. The minimum atomic E-state index is 0. The first kappa shape index (κ1) is 36.4. The van der Waals surface area contributed by atoms with Gasteiger partial charge in [-0.05, 0) is 36.5 Å². The Morgan fingerprint density at radius 3 is 1.60 bits per heavy atom. The monoisotopic (exact) mass is 612 g/mol. The largest absolute Gasteiger partial charge is 1.00 e. The maximum absolute atomic E-state index is 2.49. The smallest absolute Gasteiger partial charge is 0.168 e. The van der Waals surface area contributed by atoms with Gasteiger partial charge in [-0.3, -0.25) is 0 Å². The molecule has 1 unspecified atom stereocenters. The van der Waals surface area contributed by atoms with Gasteiger partial charge < -0.3 is 21.9 Å². The van der Waals surface area contributed by atoms with Crippen molar-refractivity contribution in [1.82, 2.24) is 0 Å². The topological polar surface area (TPSA) is 7.12 Å². The quantitative estimate of drug-likeness (QED) is 0.0866. The Morgan fingerprint density at radius 2 is 1.10 bits per heavy atom. The fourth-order valence-corrected chi connectivity index (χ4v) is 5.54. The second-order valence-corrected chi connectivity index (χ2v) is 12.0. The number of pyridine rings is 1. The normalized spacial score (nSPS) is 12.0. The summed E-state index contributed by atoms with van der Waals surface area (Å²) in [4.78, 5) is 2.16. The van der Waals surface area contributed by atoms with Gasteiger partial charge in [0.15, 0.2) is 12.4 Å². The van der Waals surface area contributed by atoms with Crippen molar-refractivity contribution < 1.29 is 21.5 Å². The third kappa shape index (κ3) is 18.7. The second-order valence-electron chi connectivity index (χ2n) is 12.0. The molecule has 3 heteroatoms. The first-order chi connectivity index (χ1) is 19.2. The zero-order valence-electron chi connectivity index (χ0n) is 26.3. The van der Waals surface area contributed by atoms with Gasteiger partial charge in [-0.1, -0.05) is 140 Å². The molecule has 0 aliphatic rings. The van der Waals surface area contributed by atoms with Gasteiger partial charge in [0.25, 0.3) is 0 Å². The van der Waals surface area contributed by atoms with Gasteiger partial charge in [0.05, 0.1) is 0 Å². The van der Waals surface area contributed by atoms with Gasteiger partial charge in [-0.25, -0.2) is 4.57 Å². The molecule has 0 fully saturated rings. The fourth-order valence-electron chi connectivity index (χ4n) is 5.54. The molecule has 1 aromatic carbocycles. The van der Waals surface area contributed by atoms with Crippen LogP contribution >= 0.6 is 0 Å². The van der Waals surface area contributed by atoms with Gasteiger partial charge in [0, 0.05) is 38.3 Å². The molecule has 2 aromatic rings. The average Bonchev–Trinajstić information content (AvgIpc) is 2.96. The molecule has 0 amide bonds. The van der Waals surface area contributed by atoms with Crippen LogP contribution < -0.4 is 26.4 Å². The van der Waals surface area contributed by atoms with Crippen molar-refractivity contribution in [2.75, 3.05) is 19.0 Å². The average molecular weight is 614 g/mol. The maximum atomic E-state index is 2.49. The first-order valence-electron chi connectivity index (χ1n) is 16.6. The highest BCUT2D eigenvalue weighted by Crippen LogP contribution is 2.21. The fraction of sp³-hybridized carbons (Fsp3) is 0.649. The zero-order valence-corrected chi connectivity index (χ0v) is 27.9. The van der Waals surface area contributed by atoms with Crippen LogP contribution in [0, 0.1) is 5.92 Å². The number of unbranched alkanes of at least 4 members (excludes halogenated alkanes) is 15. The summed E-state index contributed by atoms with van der Waals surface area (Å²) in [5.74, 6) is 0.675. The lowest BCUT2D eigenvalue weighted by atomic mass is 9.94. The predicted molar refractivity (Wildman–Crippen MR) is 173 cm³/mol. The van der Waals surface area contributed by atoms with E-state index in [2.05, 4.69) is 97.5 Å². The van der Waals surface area contributed by atoms with Gasteiger partial charge in [-0.15, -0.1) is 0 Å². The van der Waals surface area contributed by atoms with Crippen LogP contribution in [0.5, 0.6) is 0 Å². The summed E-state index contributed by atoms with van der Waals surface area (Å²) in [6.07, 6.45) is 36.0. The molecule has 0 radical (unpaired) electrons. The van der Waals surface area contributed by atoms with Crippen LogP contribution in [0.2, 0.25) is 0 Å². The molecule has 0 aliphatic carbocycles. The van der Waals surface area contributed by atoms with E-state index in [0.717, 1.165) is 6.54 Å². The van der Waals surface area contributed by atoms with Crippen molar-refractivity contribution in [3.05, 3.63) is 66.5 Å². The molecule has 0 saturated carbocycles. The third-order valence-corrected chi connectivity index (χ3v) is 8.17. The molecular weight excluding hydrogens is 552 g/mol. The van der Waals surface area contributed by atoms with Crippen LogP contribution in [0.4, 0.5) is 5.69 Å². The lowest BCUT2D eigenvalue weighted by Gasteiger charge is -2.13. The second kappa shape index (κ2) is 25.1. The summed E-state index contributed by atoms with van der Waals surface area (Å²) < 4.78 is 2.31. The SMILES string of the molecule is CCCCCCCCCCCCCCCCCCC(C=Cc1ccc(N(C)C)cc1)CCC[n+]1ccccc1.[Br-]. The van der Waals surface area contributed by atoms with Crippen LogP contribution in [0.15, 0.2) is 60.9 Å². The molecule has 40 heavy (non-hydrogen) atoms. The Bertz CT molecular complexity index is 831. The van der Waals surface area contributed by atoms with Crippen LogP contribution in [0.3, 0.4) is 0 Å². The molecule has 0 spiro atoms. The van der Waals surface area contributed by atoms with Crippen molar-refractivity contribution in [2.24, 2.45) is 5.92 Å². The van der Waals surface area contributed by atoms with E-state index < -0.39 is 0 Å². The molecule has 0 aliphatic heterocycles. The summed E-state index contributed by atoms with van der Waals surface area (Å²) in [7, 11) is 4.20. The summed E-state index contributed by atoms with van der Waals surface area (Å²) in [5, 5.41) is 0. The number of benzene rings is 1. The summed E-state index contributed by atoms with van der Waals surface area (Å²) in [6.45, 7) is 3.41. The van der Waals surface area contributed by atoms with E-state index in [1.807, 2.05) is 0 Å². The molecule has 1 atom stereocenters. The number of allylic oxidation sites excluding steroid dienone is 1. The van der Waals surface area contributed by atoms with E-state index in [0.29, 0.717) is 5.92 Å². The molecule has 0 bridgehead atoms. The molecule has 0 N–H and O–H groups in total. The minimum Gasteiger partial charge on any atom is -1.00 e. The Balaban J connectivity index is 0.00000800. The van der Waals surface area contributed by atoms with Crippen LogP contribution in [-0.4, -0.2) is 14.1 Å². The Kier molecular flexibility index (Phi) is 22.9. The highest BCUT2D eigenvalue weighted by Gasteiger charge is 2.08. The summed E-state index contributed by atoms with van der Waals surface area (Å²) >= 11 is 0. The maximum Gasteiger partial charge on any atom is 0.168 e. The van der Waals surface area contributed by atoms with Gasteiger partial charge >= 0.3 is 0 Å². The first-order valence-corrected chi connectivity index (χ1v) is 16.6. The lowest BCUT2D eigenvalue weighted by Crippen LogP contribution is -3.00. The number of nitrogens with zero attached hydrogens (tertiary/aromatic N) is 2. The Labute approximate surface area is 259 Å². The van der Waals surface area contributed by atoms with Crippen LogP contribution in [0.25, 0.3) is 6.08 Å². The van der Waals surface area contributed by atoms with E-state index in [1.54, 1.807) is 0 Å². The van der Waals surface area contributed by atoms with E-state index >= 15 is 0 Å². The van der Waals surface area contributed by atoms with Gasteiger partial charge in [0.2, 0.25) is 0 Å². The highest BCUT2D eigenvalue weighted by molar-refractivity contribution is 5.55. The highest BCUT2D eigenvalue weighted by atomic mass is 79.9. The van der Waals surface area contributed by atoms with E-state index in [-0.39, 0.29) is 17.0 Å². The van der Waals surface area contributed by atoms with Crippen molar-refractivity contribution in [2.45, 2.75) is 135 Å². The number of hydrogen-bond acceptors (Lipinski definition) is 1. The number of hydrogen-bond donors (Lipinski definition) is 0. The van der Waals surface area contributed by atoms with E-state index in [9.17, 15) is 0 Å². The zero-order chi connectivity index (χ0) is 27.8. The number of aromatic nitrogens is 1. The predicted octanol–water partition coefficient (Wildman–Crippen LogP) is 7.81. The van der Waals surface area contributed by atoms with Crippen molar-refractivity contribution in [1.29, 1.82) is 0 Å².